The molecular formula is C22H18Cl2FN9O2. The largest absolute Gasteiger partial charge is 0.355 e. The first kappa shape index (κ1) is 23.7. The fourth-order valence-electron chi connectivity index (χ4n) is 3.77. The van der Waals surface area contributed by atoms with Crippen LogP contribution in [0.2, 0.25) is 10.0 Å². The lowest BCUT2D eigenvalue weighted by atomic mass is 10.2. The van der Waals surface area contributed by atoms with E-state index in [2.05, 4.69) is 25.5 Å². The lowest BCUT2D eigenvalue weighted by Gasteiger charge is -2.16. The maximum Gasteiger partial charge on any atom is 0.355 e. The Morgan fingerprint density at radius 1 is 0.972 bits per heavy atom. The summed E-state index contributed by atoms with van der Waals surface area (Å²) in [6, 6.07) is 7.30. The molecule has 0 bridgehead atoms. The molecule has 0 amide bonds. The lowest BCUT2D eigenvalue weighted by Crippen LogP contribution is -2.43. The quantitative estimate of drug-likeness (QED) is 0.359. The van der Waals surface area contributed by atoms with Gasteiger partial charge in [-0.25, -0.2) is 23.5 Å². The summed E-state index contributed by atoms with van der Waals surface area (Å²) in [5.74, 6) is -0.394. The first-order valence-corrected chi connectivity index (χ1v) is 11.3. The smallest absolute Gasteiger partial charge is 0.324 e. The maximum atomic E-state index is 14.0. The zero-order valence-electron chi connectivity index (χ0n) is 19.0. The number of hydrogen-bond acceptors (Lipinski definition) is 7. The van der Waals surface area contributed by atoms with Crippen molar-refractivity contribution in [3.63, 3.8) is 0 Å². The highest BCUT2D eigenvalue weighted by Gasteiger charge is 2.18. The van der Waals surface area contributed by atoms with Gasteiger partial charge in [0.25, 0.3) is 0 Å². The summed E-state index contributed by atoms with van der Waals surface area (Å²) in [6.45, 7) is -0.327. The Labute approximate surface area is 212 Å². The second-order valence-electron chi connectivity index (χ2n) is 8.10. The van der Waals surface area contributed by atoms with Crippen LogP contribution >= 0.6 is 23.2 Å². The van der Waals surface area contributed by atoms with Gasteiger partial charge in [0.2, 0.25) is 5.95 Å². The topological polar surface area (TPSA) is 117 Å². The van der Waals surface area contributed by atoms with Crippen LogP contribution in [0.3, 0.4) is 0 Å². The van der Waals surface area contributed by atoms with Gasteiger partial charge in [0.15, 0.2) is 5.82 Å². The third kappa shape index (κ3) is 4.72. The number of halogens is 3. The van der Waals surface area contributed by atoms with Crippen molar-refractivity contribution in [2.24, 2.45) is 14.1 Å². The van der Waals surface area contributed by atoms with Crippen molar-refractivity contribution in [3.8, 4) is 0 Å². The van der Waals surface area contributed by atoms with Gasteiger partial charge in [0.05, 0.1) is 29.3 Å². The molecule has 0 aliphatic heterocycles. The fraction of sp³-hybridized carbons (Fsp3) is 0.182. The van der Waals surface area contributed by atoms with Crippen molar-refractivity contribution in [3.05, 3.63) is 91.1 Å². The van der Waals surface area contributed by atoms with Crippen molar-refractivity contribution in [2.45, 2.75) is 13.1 Å². The molecule has 14 heteroatoms. The van der Waals surface area contributed by atoms with E-state index in [4.69, 9.17) is 23.2 Å². The van der Waals surface area contributed by atoms with Gasteiger partial charge >= 0.3 is 11.4 Å². The SMILES string of the molecule is Cn1cnc(Cn2c(=O)nc(Nc3cc4cn(C)nc4cc3Cl)n(Cc3cc(F)cc(Cl)c3)c2=O)n1. The number of hydrogen-bond donors (Lipinski definition) is 1. The van der Waals surface area contributed by atoms with E-state index in [0.29, 0.717) is 21.8 Å². The zero-order valence-corrected chi connectivity index (χ0v) is 20.5. The van der Waals surface area contributed by atoms with Crippen LogP contribution < -0.4 is 16.7 Å². The third-order valence-corrected chi connectivity index (χ3v) is 5.84. The highest BCUT2D eigenvalue weighted by Crippen LogP contribution is 2.29. The molecule has 0 radical (unpaired) electrons. The number of aryl methyl sites for hydroxylation is 2. The number of nitrogens with one attached hydrogen (secondary N) is 1. The van der Waals surface area contributed by atoms with Crippen molar-refractivity contribution >= 4 is 45.7 Å². The van der Waals surface area contributed by atoms with Crippen LogP contribution in [0.15, 0.2) is 52.4 Å². The number of rotatable bonds is 6. The van der Waals surface area contributed by atoms with Gasteiger partial charge in [-0.15, -0.1) is 0 Å². The van der Waals surface area contributed by atoms with Crippen LogP contribution in [0, 0.1) is 5.82 Å². The van der Waals surface area contributed by atoms with Crippen molar-refractivity contribution in [1.82, 2.24) is 38.7 Å². The normalized spacial score (nSPS) is 11.4. The summed E-state index contributed by atoms with van der Waals surface area (Å²) in [6.07, 6.45) is 3.25. The first-order valence-electron chi connectivity index (χ1n) is 10.6. The molecule has 0 atom stereocenters. The average molecular weight is 530 g/mol. The Morgan fingerprint density at radius 3 is 2.50 bits per heavy atom. The highest BCUT2D eigenvalue weighted by atomic mass is 35.5. The van der Waals surface area contributed by atoms with E-state index in [9.17, 15) is 14.0 Å². The van der Waals surface area contributed by atoms with Crippen molar-refractivity contribution in [1.29, 1.82) is 0 Å². The number of nitrogens with zero attached hydrogens (tertiary/aromatic N) is 8. The minimum absolute atomic E-state index is 0.0826. The molecule has 36 heavy (non-hydrogen) atoms. The summed E-state index contributed by atoms with van der Waals surface area (Å²) in [5, 5.41) is 12.7. The standard InChI is InChI=1S/C22H18Cl2FN9O2/c1-31-9-13-5-18(16(24)7-17(13)29-31)27-20-28-21(35)34(10-19-26-11-32(2)30-19)22(36)33(20)8-12-3-14(23)6-15(25)4-12/h3-7,9,11H,8,10H2,1-2H3,(H,27,28,35). The molecule has 184 valence electrons. The molecule has 5 rings (SSSR count). The average Bonchev–Trinajstić information content (AvgIpc) is 3.37. The van der Waals surface area contributed by atoms with Crippen molar-refractivity contribution in [2.75, 3.05) is 5.32 Å². The molecular weight excluding hydrogens is 512 g/mol. The number of benzene rings is 2. The van der Waals surface area contributed by atoms with Gasteiger partial charge < -0.3 is 5.32 Å². The molecule has 0 saturated heterocycles. The molecule has 3 heterocycles. The molecule has 1 N–H and O–H groups in total. The van der Waals surface area contributed by atoms with E-state index in [1.165, 1.54) is 27.7 Å². The van der Waals surface area contributed by atoms with Crippen LogP contribution in [0.4, 0.5) is 16.0 Å². The van der Waals surface area contributed by atoms with Crippen LogP contribution in [0.5, 0.6) is 0 Å². The van der Waals surface area contributed by atoms with Crippen molar-refractivity contribution < 1.29 is 4.39 Å². The minimum atomic E-state index is -0.818. The maximum absolute atomic E-state index is 14.0. The predicted molar refractivity (Wildman–Crippen MR) is 132 cm³/mol. The predicted octanol–water partition coefficient (Wildman–Crippen LogP) is 2.71. The first-order chi connectivity index (χ1) is 17.2. The van der Waals surface area contributed by atoms with Crippen LogP contribution in [0.25, 0.3) is 10.9 Å². The molecule has 5 aromatic rings. The van der Waals surface area contributed by atoms with E-state index in [1.54, 1.807) is 37.1 Å². The molecule has 0 spiro atoms. The molecule has 0 unspecified atom stereocenters. The fourth-order valence-corrected chi connectivity index (χ4v) is 4.22. The highest BCUT2D eigenvalue weighted by molar-refractivity contribution is 6.34. The lowest BCUT2D eigenvalue weighted by molar-refractivity contribution is 0.571. The summed E-state index contributed by atoms with van der Waals surface area (Å²) < 4.78 is 19.2. The second kappa shape index (κ2) is 9.21. The Morgan fingerprint density at radius 2 is 1.78 bits per heavy atom. The molecule has 3 aromatic heterocycles. The molecule has 0 saturated carbocycles. The number of anilines is 2. The van der Waals surface area contributed by atoms with E-state index < -0.39 is 17.2 Å². The van der Waals surface area contributed by atoms with Crippen LogP contribution in [-0.4, -0.2) is 38.7 Å². The summed E-state index contributed by atoms with van der Waals surface area (Å²) >= 11 is 12.5. The Bertz CT molecular complexity index is 1720. The van der Waals surface area contributed by atoms with Crippen LogP contribution in [0.1, 0.15) is 11.4 Å². The monoisotopic (exact) mass is 529 g/mol. The molecule has 11 nitrogen and oxygen atoms in total. The number of fused-ring (bicyclic) bond motifs is 1. The summed E-state index contributed by atoms with van der Waals surface area (Å²) in [5.41, 5.74) is -0.0578. The minimum Gasteiger partial charge on any atom is -0.324 e. The van der Waals surface area contributed by atoms with E-state index in [-0.39, 0.29) is 29.9 Å². The van der Waals surface area contributed by atoms with Gasteiger partial charge in [-0.2, -0.15) is 15.2 Å². The van der Waals surface area contributed by atoms with Gasteiger partial charge in [-0.3, -0.25) is 13.9 Å². The number of aromatic nitrogens is 8. The van der Waals surface area contributed by atoms with Gasteiger partial charge in [0, 0.05) is 30.7 Å². The summed E-state index contributed by atoms with van der Waals surface area (Å²) in [7, 11) is 3.44. The zero-order chi connectivity index (χ0) is 25.6. The van der Waals surface area contributed by atoms with Gasteiger partial charge in [-0.1, -0.05) is 23.2 Å². The van der Waals surface area contributed by atoms with E-state index in [1.807, 2.05) is 0 Å². The second-order valence-corrected chi connectivity index (χ2v) is 8.95. The molecule has 0 aliphatic rings. The molecule has 2 aromatic carbocycles. The Balaban J connectivity index is 1.63. The Kier molecular flexibility index (Phi) is 6.06. The van der Waals surface area contributed by atoms with Crippen LogP contribution in [-0.2, 0) is 27.2 Å². The van der Waals surface area contributed by atoms with Gasteiger partial charge in [-0.05, 0) is 35.9 Å². The third-order valence-electron chi connectivity index (χ3n) is 5.31. The van der Waals surface area contributed by atoms with Gasteiger partial charge in [0.1, 0.15) is 12.1 Å². The molecule has 0 aliphatic carbocycles. The molecule has 0 fully saturated rings. The summed E-state index contributed by atoms with van der Waals surface area (Å²) in [4.78, 5) is 34.5. The van der Waals surface area contributed by atoms with E-state index >= 15 is 0 Å². The van der Waals surface area contributed by atoms with E-state index in [0.717, 1.165) is 16.0 Å². The Hall–Kier alpha value is -4.03.